The Morgan fingerprint density at radius 2 is 1.90 bits per heavy atom. The van der Waals surface area contributed by atoms with Gasteiger partial charge < -0.3 is 9.47 Å². The molecule has 5 heteroatoms. The van der Waals surface area contributed by atoms with Crippen molar-refractivity contribution in [3.8, 4) is 6.07 Å². The molecule has 118 valence electrons. The molecule has 2 unspecified atom stereocenters. The summed E-state index contributed by atoms with van der Waals surface area (Å²) in [6.45, 7) is 10.3. The van der Waals surface area contributed by atoms with Gasteiger partial charge in [0.25, 0.3) is 0 Å². The second-order valence-electron chi connectivity index (χ2n) is 5.40. The van der Waals surface area contributed by atoms with E-state index in [9.17, 15) is 5.26 Å². The fourth-order valence-electron chi connectivity index (χ4n) is 2.44. The van der Waals surface area contributed by atoms with Crippen LogP contribution in [-0.4, -0.2) is 63.5 Å². The maximum Gasteiger partial charge on any atom is 0.105 e. The first-order valence-corrected chi connectivity index (χ1v) is 7.41. The third-order valence-electron chi connectivity index (χ3n) is 3.52. The second kappa shape index (κ2) is 11.0. The van der Waals surface area contributed by atoms with Gasteiger partial charge in [0.1, 0.15) is 5.54 Å². The molecule has 0 aliphatic carbocycles. The van der Waals surface area contributed by atoms with Crippen LogP contribution in [0.4, 0.5) is 0 Å². The van der Waals surface area contributed by atoms with Crippen LogP contribution >= 0.6 is 0 Å². The fraction of sp³-hybridized carbons (Fsp3) is 0.933. The van der Waals surface area contributed by atoms with Crippen LogP contribution in [0.1, 0.15) is 33.6 Å². The van der Waals surface area contributed by atoms with Gasteiger partial charge in [-0.2, -0.15) is 5.26 Å². The minimum atomic E-state index is -0.471. The van der Waals surface area contributed by atoms with E-state index in [-0.39, 0.29) is 0 Å². The van der Waals surface area contributed by atoms with E-state index < -0.39 is 5.54 Å². The van der Waals surface area contributed by atoms with Gasteiger partial charge in [-0.1, -0.05) is 6.92 Å². The van der Waals surface area contributed by atoms with E-state index in [1.807, 2.05) is 13.8 Å². The maximum atomic E-state index is 9.36. The van der Waals surface area contributed by atoms with Crippen LogP contribution in [0.15, 0.2) is 0 Å². The molecule has 5 nitrogen and oxygen atoms in total. The van der Waals surface area contributed by atoms with Crippen molar-refractivity contribution >= 4 is 0 Å². The number of rotatable bonds is 12. The van der Waals surface area contributed by atoms with E-state index in [1.165, 1.54) is 0 Å². The highest BCUT2D eigenvalue weighted by Gasteiger charge is 2.27. The highest BCUT2D eigenvalue weighted by atomic mass is 16.5. The monoisotopic (exact) mass is 285 g/mol. The molecular weight excluding hydrogens is 254 g/mol. The largest absolute Gasteiger partial charge is 0.385 e. The number of nitriles is 1. The molecule has 0 heterocycles. The van der Waals surface area contributed by atoms with Gasteiger partial charge in [0, 0.05) is 40.0 Å². The summed E-state index contributed by atoms with van der Waals surface area (Å²) in [4.78, 5) is 2.37. The quantitative estimate of drug-likeness (QED) is 0.552. The average Bonchev–Trinajstić information content (AvgIpc) is 2.42. The molecule has 0 bridgehead atoms. The van der Waals surface area contributed by atoms with Gasteiger partial charge in [-0.15, -0.1) is 0 Å². The molecule has 0 aliphatic rings. The molecule has 0 aromatic rings. The van der Waals surface area contributed by atoms with Gasteiger partial charge >= 0.3 is 0 Å². The number of hydrogen-bond donors (Lipinski definition) is 1. The van der Waals surface area contributed by atoms with E-state index in [4.69, 9.17) is 9.47 Å². The summed E-state index contributed by atoms with van der Waals surface area (Å²) in [5.74, 6) is 0. The molecule has 0 aliphatic heterocycles. The lowest BCUT2D eigenvalue weighted by molar-refractivity contribution is 0.101. The summed E-state index contributed by atoms with van der Waals surface area (Å²) >= 11 is 0. The number of nitrogens with zero attached hydrogens (tertiary/aromatic N) is 2. The van der Waals surface area contributed by atoms with Crippen molar-refractivity contribution in [3.05, 3.63) is 0 Å². The first-order chi connectivity index (χ1) is 9.52. The molecule has 0 amide bonds. The van der Waals surface area contributed by atoms with Crippen LogP contribution in [0, 0.1) is 11.3 Å². The van der Waals surface area contributed by atoms with E-state index in [1.54, 1.807) is 14.2 Å². The SMILES string of the molecule is CCNC(C)(C#N)CC(C)N(CCCOC)CCOC. The summed E-state index contributed by atoms with van der Waals surface area (Å²) in [7, 11) is 3.44. The predicted octanol–water partition coefficient (Wildman–Crippen LogP) is 1.64. The smallest absolute Gasteiger partial charge is 0.105 e. The van der Waals surface area contributed by atoms with Crippen molar-refractivity contribution in [2.45, 2.75) is 45.2 Å². The van der Waals surface area contributed by atoms with Crippen LogP contribution in [0.25, 0.3) is 0 Å². The van der Waals surface area contributed by atoms with Crippen molar-refractivity contribution < 1.29 is 9.47 Å². The van der Waals surface area contributed by atoms with Crippen molar-refractivity contribution in [3.63, 3.8) is 0 Å². The molecule has 1 N–H and O–H groups in total. The van der Waals surface area contributed by atoms with Crippen LogP contribution in [0.3, 0.4) is 0 Å². The van der Waals surface area contributed by atoms with Crippen LogP contribution in [0.2, 0.25) is 0 Å². The lowest BCUT2D eigenvalue weighted by Gasteiger charge is -2.34. The highest BCUT2D eigenvalue weighted by molar-refractivity contribution is 5.05. The third kappa shape index (κ3) is 7.81. The van der Waals surface area contributed by atoms with Gasteiger partial charge in [0.2, 0.25) is 0 Å². The molecular formula is C15H31N3O2. The zero-order valence-electron chi connectivity index (χ0n) is 13.7. The normalized spacial score (nSPS) is 15.8. The van der Waals surface area contributed by atoms with Gasteiger partial charge in [-0.25, -0.2) is 0 Å². The third-order valence-corrected chi connectivity index (χ3v) is 3.52. The van der Waals surface area contributed by atoms with Crippen LogP contribution < -0.4 is 5.32 Å². The lowest BCUT2D eigenvalue weighted by Crippen LogP contribution is -2.48. The van der Waals surface area contributed by atoms with Crippen molar-refractivity contribution in [2.75, 3.05) is 47.1 Å². The summed E-state index contributed by atoms with van der Waals surface area (Å²) < 4.78 is 10.3. The molecule has 0 aromatic heterocycles. The Labute approximate surface area is 124 Å². The Bertz CT molecular complexity index is 281. The Kier molecular flexibility index (Phi) is 10.7. The molecule has 20 heavy (non-hydrogen) atoms. The summed E-state index contributed by atoms with van der Waals surface area (Å²) in [5.41, 5.74) is -0.471. The number of hydrogen-bond acceptors (Lipinski definition) is 5. The van der Waals surface area contributed by atoms with E-state index in [2.05, 4.69) is 23.2 Å². The minimum absolute atomic E-state index is 0.325. The van der Waals surface area contributed by atoms with Gasteiger partial charge in [-0.05, 0) is 33.2 Å². The van der Waals surface area contributed by atoms with E-state index >= 15 is 0 Å². The van der Waals surface area contributed by atoms with Gasteiger partial charge in [0.05, 0.1) is 12.7 Å². The van der Waals surface area contributed by atoms with E-state index in [0.29, 0.717) is 12.6 Å². The molecule has 0 saturated carbocycles. The van der Waals surface area contributed by atoms with E-state index in [0.717, 1.165) is 39.1 Å². The highest BCUT2D eigenvalue weighted by Crippen LogP contribution is 2.16. The number of nitrogens with one attached hydrogen (secondary N) is 1. The fourth-order valence-corrected chi connectivity index (χ4v) is 2.44. The summed E-state index contributed by atoms with van der Waals surface area (Å²) in [6, 6.07) is 2.72. The second-order valence-corrected chi connectivity index (χ2v) is 5.40. The standard InChI is InChI=1S/C15H31N3O2/c1-6-17-15(3,13-16)12-14(2)18(9-11-20-5)8-7-10-19-4/h14,17H,6-12H2,1-5H3. The maximum absolute atomic E-state index is 9.36. The van der Waals surface area contributed by atoms with Gasteiger partial charge in [0.15, 0.2) is 0 Å². The number of ether oxygens (including phenoxy) is 2. The number of methoxy groups -OCH3 is 2. The molecule has 0 rings (SSSR count). The zero-order valence-corrected chi connectivity index (χ0v) is 13.7. The predicted molar refractivity (Wildman–Crippen MR) is 81.7 cm³/mol. The zero-order chi connectivity index (χ0) is 15.4. The Hall–Kier alpha value is -0.670. The van der Waals surface area contributed by atoms with Crippen molar-refractivity contribution in [1.82, 2.24) is 10.2 Å². The summed E-state index contributed by atoms with van der Waals surface area (Å²) in [5, 5.41) is 12.6. The minimum Gasteiger partial charge on any atom is -0.385 e. The van der Waals surface area contributed by atoms with Crippen molar-refractivity contribution in [1.29, 1.82) is 5.26 Å². The lowest BCUT2D eigenvalue weighted by atomic mass is 9.94. The molecule has 2 atom stereocenters. The summed E-state index contributed by atoms with van der Waals surface area (Å²) in [6.07, 6.45) is 1.79. The Balaban J connectivity index is 4.50. The van der Waals surface area contributed by atoms with Crippen LogP contribution in [0.5, 0.6) is 0 Å². The molecule has 0 radical (unpaired) electrons. The first kappa shape index (κ1) is 19.3. The average molecular weight is 285 g/mol. The molecule has 0 saturated heterocycles. The first-order valence-electron chi connectivity index (χ1n) is 7.41. The Morgan fingerprint density at radius 3 is 2.40 bits per heavy atom. The van der Waals surface area contributed by atoms with Crippen molar-refractivity contribution in [2.24, 2.45) is 0 Å². The topological polar surface area (TPSA) is 57.5 Å². The van der Waals surface area contributed by atoms with Crippen LogP contribution in [-0.2, 0) is 9.47 Å². The Morgan fingerprint density at radius 1 is 1.25 bits per heavy atom. The van der Waals surface area contributed by atoms with Gasteiger partial charge in [-0.3, -0.25) is 10.2 Å². The molecule has 0 spiro atoms. The molecule has 0 aromatic carbocycles. The molecule has 0 fully saturated rings.